The number of hydrogen-bond acceptors (Lipinski definition) is 3. The summed E-state index contributed by atoms with van der Waals surface area (Å²) >= 11 is 0. The van der Waals surface area contributed by atoms with Crippen molar-refractivity contribution in [2.45, 2.75) is 19.4 Å². The van der Waals surface area contributed by atoms with E-state index in [4.69, 9.17) is 10.1 Å². The van der Waals surface area contributed by atoms with Crippen LogP contribution in [0.15, 0.2) is 30.3 Å². The van der Waals surface area contributed by atoms with E-state index in [1.807, 2.05) is 0 Å². The average molecular weight is 305 g/mol. The van der Waals surface area contributed by atoms with Crippen LogP contribution >= 0.6 is 24.8 Å². The number of benzene rings is 1. The van der Waals surface area contributed by atoms with Crippen LogP contribution in [0.25, 0.3) is 0 Å². The Bertz CT molecular complexity index is 365. The first kappa shape index (κ1) is 18.2. The fraction of sp³-hybridized carbons (Fsp3) is 0.500. The molecule has 0 atom stereocenters. The normalized spacial score (nSPS) is 16.1. The number of piperidine rings is 1. The monoisotopic (exact) mass is 304 g/mol. The summed E-state index contributed by atoms with van der Waals surface area (Å²) in [4.78, 5) is 2.45. The van der Waals surface area contributed by atoms with Gasteiger partial charge in [-0.15, -0.1) is 24.8 Å². The van der Waals surface area contributed by atoms with Crippen LogP contribution in [0, 0.1) is 11.3 Å². The Morgan fingerprint density at radius 3 is 2.32 bits per heavy atom. The van der Waals surface area contributed by atoms with Gasteiger partial charge in [-0.2, -0.15) is 0 Å². The average Bonchev–Trinajstić information content (AvgIpc) is 2.40. The molecule has 2 rings (SSSR count). The number of nitrogens with zero attached hydrogens (tertiary/aromatic N) is 1. The predicted octanol–water partition coefficient (Wildman–Crippen LogP) is 3.37. The summed E-state index contributed by atoms with van der Waals surface area (Å²) < 4.78 is 5.01. The molecule has 0 saturated carbocycles. The van der Waals surface area contributed by atoms with Gasteiger partial charge in [0.1, 0.15) is 0 Å². The maximum atomic E-state index is 7.68. The number of likely N-dealkylation sites (tertiary alicyclic amines) is 1. The Morgan fingerprint density at radius 2 is 1.79 bits per heavy atom. The van der Waals surface area contributed by atoms with Gasteiger partial charge in [-0.1, -0.05) is 30.3 Å². The van der Waals surface area contributed by atoms with Crippen molar-refractivity contribution < 1.29 is 4.74 Å². The van der Waals surface area contributed by atoms with Crippen molar-refractivity contribution in [3.63, 3.8) is 0 Å². The summed E-state index contributed by atoms with van der Waals surface area (Å²) in [6.07, 6.45) is 2.08. The highest BCUT2D eigenvalue weighted by Gasteiger charge is 2.22. The molecule has 19 heavy (non-hydrogen) atoms. The molecule has 1 aromatic rings. The van der Waals surface area contributed by atoms with E-state index in [2.05, 4.69) is 35.2 Å². The smallest absolute Gasteiger partial charge is 0.183 e. The molecular formula is C14H22Cl2N2O. The number of methoxy groups -OCH3 is 1. The third kappa shape index (κ3) is 5.39. The minimum Gasteiger partial charge on any atom is -0.484 e. The molecule has 0 aromatic heterocycles. The minimum absolute atomic E-state index is 0. The highest BCUT2D eigenvalue weighted by atomic mass is 35.5. The van der Waals surface area contributed by atoms with Gasteiger partial charge in [0, 0.05) is 12.5 Å². The molecule has 1 saturated heterocycles. The zero-order valence-corrected chi connectivity index (χ0v) is 12.8. The summed E-state index contributed by atoms with van der Waals surface area (Å²) in [7, 11) is 1.60. The number of ether oxygens (including phenoxy) is 1. The number of nitrogens with one attached hydrogen (secondary N) is 1. The SMILES string of the molecule is COC(=N)C1CCN(Cc2ccccc2)CC1.Cl.Cl. The Labute approximate surface area is 127 Å². The van der Waals surface area contributed by atoms with Crippen LogP contribution in [0.1, 0.15) is 18.4 Å². The zero-order chi connectivity index (χ0) is 12.1. The van der Waals surface area contributed by atoms with Gasteiger partial charge < -0.3 is 4.74 Å². The summed E-state index contributed by atoms with van der Waals surface area (Å²) in [6.45, 7) is 3.14. The second-order valence-corrected chi connectivity index (χ2v) is 4.60. The van der Waals surface area contributed by atoms with E-state index in [0.29, 0.717) is 11.8 Å². The van der Waals surface area contributed by atoms with Gasteiger partial charge in [0.25, 0.3) is 0 Å². The third-order valence-electron chi connectivity index (χ3n) is 3.43. The Morgan fingerprint density at radius 1 is 1.21 bits per heavy atom. The van der Waals surface area contributed by atoms with Crippen molar-refractivity contribution in [1.82, 2.24) is 4.90 Å². The molecule has 0 radical (unpaired) electrons. The van der Waals surface area contributed by atoms with Crippen molar-refractivity contribution in [3.05, 3.63) is 35.9 Å². The quantitative estimate of drug-likeness (QED) is 0.686. The first-order valence-corrected chi connectivity index (χ1v) is 6.18. The summed E-state index contributed by atoms with van der Waals surface area (Å²) in [5, 5.41) is 7.68. The van der Waals surface area contributed by atoms with Crippen molar-refractivity contribution in [1.29, 1.82) is 5.41 Å². The fourth-order valence-corrected chi connectivity index (χ4v) is 2.36. The molecule has 0 amide bonds. The second kappa shape index (κ2) is 9.18. The van der Waals surface area contributed by atoms with Gasteiger partial charge in [0.2, 0.25) is 0 Å². The lowest BCUT2D eigenvalue weighted by Crippen LogP contribution is -2.36. The highest BCUT2D eigenvalue weighted by molar-refractivity contribution is 5.85. The van der Waals surface area contributed by atoms with Crippen LogP contribution < -0.4 is 0 Å². The second-order valence-electron chi connectivity index (χ2n) is 4.60. The molecule has 1 aliphatic heterocycles. The number of hydrogen-bond donors (Lipinski definition) is 1. The van der Waals surface area contributed by atoms with E-state index < -0.39 is 0 Å². The maximum absolute atomic E-state index is 7.68. The molecule has 0 aliphatic carbocycles. The Hall–Kier alpha value is -0.770. The largest absolute Gasteiger partial charge is 0.484 e. The molecular weight excluding hydrogens is 283 g/mol. The lowest BCUT2D eigenvalue weighted by molar-refractivity contribution is 0.189. The van der Waals surface area contributed by atoms with E-state index in [1.54, 1.807) is 7.11 Å². The molecule has 0 bridgehead atoms. The lowest BCUT2D eigenvalue weighted by Gasteiger charge is -2.31. The molecule has 1 aromatic carbocycles. The van der Waals surface area contributed by atoms with Crippen LogP contribution in [0.2, 0.25) is 0 Å². The van der Waals surface area contributed by atoms with Gasteiger partial charge in [0.15, 0.2) is 5.90 Å². The Kier molecular flexibility index (Phi) is 8.81. The van der Waals surface area contributed by atoms with E-state index in [1.165, 1.54) is 5.56 Å². The zero-order valence-electron chi connectivity index (χ0n) is 11.2. The molecule has 5 heteroatoms. The van der Waals surface area contributed by atoms with Gasteiger partial charge >= 0.3 is 0 Å². The summed E-state index contributed by atoms with van der Waals surface area (Å²) in [5.41, 5.74) is 1.37. The predicted molar refractivity (Wildman–Crippen MR) is 83.7 cm³/mol. The van der Waals surface area contributed by atoms with E-state index in [9.17, 15) is 0 Å². The topological polar surface area (TPSA) is 36.3 Å². The molecule has 3 nitrogen and oxygen atoms in total. The van der Waals surface area contributed by atoms with Crippen molar-refractivity contribution in [2.24, 2.45) is 5.92 Å². The fourth-order valence-electron chi connectivity index (χ4n) is 2.36. The van der Waals surface area contributed by atoms with Gasteiger partial charge in [0.05, 0.1) is 7.11 Å². The standard InChI is InChI=1S/C14H20N2O.2ClH/c1-17-14(15)13-7-9-16(10-8-13)11-12-5-3-2-4-6-12;;/h2-6,13,15H,7-11H2,1H3;2*1H. The summed E-state index contributed by atoms with van der Waals surface area (Å²) in [5.74, 6) is 0.774. The summed E-state index contributed by atoms with van der Waals surface area (Å²) in [6, 6.07) is 10.6. The lowest BCUT2D eigenvalue weighted by atomic mass is 9.96. The van der Waals surface area contributed by atoms with E-state index >= 15 is 0 Å². The third-order valence-corrected chi connectivity index (χ3v) is 3.43. The molecule has 1 aliphatic rings. The van der Waals surface area contributed by atoms with Crippen molar-refractivity contribution in [3.8, 4) is 0 Å². The molecule has 1 N–H and O–H groups in total. The van der Waals surface area contributed by atoms with Gasteiger partial charge in [-0.3, -0.25) is 10.3 Å². The van der Waals surface area contributed by atoms with E-state index in [-0.39, 0.29) is 24.8 Å². The molecule has 0 spiro atoms. The molecule has 1 heterocycles. The first-order valence-electron chi connectivity index (χ1n) is 6.18. The highest BCUT2D eigenvalue weighted by Crippen LogP contribution is 2.20. The van der Waals surface area contributed by atoms with Gasteiger partial charge in [-0.25, -0.2) is 0 Å². The van der Waals surface area contributed by atoms with Crippen molar-refractivity contribution >= 4 is 30.7 Å². The van der Waals surface area contributed by atoms with E-state index in [0.717, 1.165) is 32.5 Å². The number of halogens is 2. The van der Waals surface area contributed by atoms with Crippen LogP contribution in [0.5, 0.6) is 0 Å². The van der Waals surface area contributed by atoms with Gasteiger partial charge in [-0.05, 0) is 31.5 Å². The molecule has 0 unspecified atom stereocenters. The first-order chi connectivity index (χ1) is 8.29. The van der Waals surface area contributed by atoms with Crippen molar-refractivity contribution in [2.75, 3.05) is 20.2 Å². The van der Waals surface area contributed by atoms with Crippen LogP contribution in [0.4, 0.5) is 0 Å². The maximum Gasteiger partial charge on any atom is 0.183 e. The van der Waals surface area contributed by atoms with Crippen LogP contribution in [0.3, 0.4) is 0 Å². The molecule has 108 valence electrons. The Balaban J connectivity index is 0.00000162. The van der Waals surface area contributed by atoms with Crippen LogP contribution in [-0.4, -0.2) is 31.0 Å². The molecule has 1 fully saturated rings. The minimum atomic E-state index is 0. The van der Waals surface area contributed by atoms with Crippen LogP contribution in [-0.2, 0) is 11.3 Å². The number of rotatable bonds is 3.